The van der Waals surface area contributed by atoms with Crippen molar-refractivity contribution >= 4 is 17.6 Å². The Morgan fingerprint density at radius 2 is 2.15 bits per heavy atom. The van der Waals surface area contributed by atoms with E-state index < -0.39 is 0 Å². The summed E-state index contributed by atoms with van der Waals surface area (Å²) in [6.45, 7) is 5.31. The van der Waals surface area contributed by atoms with Gasteiger partial charge >= 0.3 is 0 Å². The molecule has 7 heteroatoms. The zero-order valence-corrected chi connectivity index (χ0v) is 12.1. The van der Waals surface area contributed by atoms with Crippen LogP contribution in [0.4, 0.5) is 5.82 Å². The SMILES string of the molecule is CCCNC(=O)CN(CCC)C(=O)Cn1ccc(N)n1. The fourth-order valence-electron chi connectivity index (χ4n) is 1.76. The van der Waals surface area contributed by atoms with E-state index in [0.717, 1.165) is 12.8 Å². The van der Waals surface area contributed by atoms with Crippen molar-refractivity contribution in [2.24, 2.45) is 0 Å². The first-order chi connectivity index (χ1) is 9.56. The maximum absolute atomic E-state index is 12.2. The van der Waals surface area contributed by atoms with E-state index in [0.29, 0.717) is 18.9 Å². The molecule has 1 rings (SSSR count). The summed E-state index contributed by atoms with van der Waals surface area (Å²) in [6.07, 6.45) is 3.32. The standard InChI is InChI=1S/C13H23N5O2/c1-3-6-15-12(19)9-17(7-4-2)13(20)10-18-8-5-11(14)16-18/h5,8H,3-4,6-7,9-10H2,1-2H3,(H2,14,16)(H,15,19). The van der Waals surface area contributed by atoms with Crippen LogP contribution in [0.1, 0.15) is 26.7 Å². The Balaban J connectivity index is 2.55. The van der Waals surface area contributed by atoms with E-state index >= 15 is 0 Å². The average molecular weight is 281 g/mol. The average Bonchev–Trinajstić information content (AvgIpc) is 2.81. The molecule has 0 aliphatic carbocycles. The van der Waals surface area contributed by atoms with Crippen LogP contribution in [0.5, 0.6) is 0 Å². The third-order valence-electron chi connectivity index (χ3n) is 2.71. The molecular weight excluding hydrogens is 258 g/mol. The number of hydrogen-bond acceptors (Lipinski definition) is 4. The summed E-state index contributed by atoms with van der Waals surface area (Å²) < 4.78 is 1.48. The zero-order valence-electron chi connectivity index (χ0n) is 12.1. The van der Waals surface area contributed by atoms with Crippen LogP contribution < -0.4 is 11.1 Å². The molecule has 0 aliphatic heterocycles. The Hall–Kier alpha value is -2.05. The van der Waals surface area contributed by atoms with Crippen LogP contribution in [0, 0.1) is 0 Å². The van der Waals surface area contributed by atoms with Crippen LogP contribution in [0.3, 0.4) is 0 Å². The number of nitrogens with one attached hydrogen (secondary N) is 1. The number of anilines is 1. The van der Waals surface area contributed by atoms with Crippen molar-refractivity contribution in [1.29, 1.82) is 0 Å². The molecule has 20 heavy (non-hydrogen) atoms. The minimum Gasteiger partial charge on any atom is -0.382 e. The van der Waals surface area contributed by atoms with Gasteiger partial charge in [-0.15, -0.1) is 0 Å². The number of nitrogens with two attached hydrogens (primary N) is 1. The lowest BCUT2D eigenvalue weighted by Crippen LogP contribution is -2.42. The summed E-state index contributed by atoms with van der Waals surface area (Å²) in [4.78, 5) is 25.4. The molecule has 0 radical (unpaired) electrons. The molecule has 7 nitrogen and oxygen atoms in total. The van der Waals surface area contributed by atoms with Crippen LogP contribution in [-0.2, 0) is 16.1 Å². The van der Waals surface area contributed by atoms with E-state index in [1.165, 1.54) is 4.68 Å². The largest absolute Gasteiger partial charge is 0.382 e. The van der Waals surface area contributed by atoms with Crippen molar-refractivity contribution < 1.29 is 9.59 Å². The zero-order chi connectivity index (χ0) is 15.0. The van der Waals surface area contributed by atoms with Crippen molar-refractivity contribution in [2.45, 2.75) is 33.2 Å². The number of carbonyl (C=O) groups is 2. The molecular formula is C13H23N5O2. The van der Waals surface area contributed by atoms with Crippen LogP contribution in [-0.4, -0.2) is 46.1 Å². The number of rotatable bonds is 8. The lowest BCUT2D eigenvalue weighted by Gasteiger charge is -2.21. The molecule has 1 heterocycles. The second-order valence-corrected chi connectivity index (χ2v) is 4.60. The van der Waals surface area contributed by atoms with E-state index in [1.807, 2.05) is 13.8 Å². The number of nitrogens with zero attached hydrogens (tertiary/aromatic N) is 3. The summed E-state index contributed by atoms with van der Waals surface area (Å²) in [5.74, 6) is 0.107. The van der Waals surface area contributed by atoms with E-state index in [9.17, 15) is 9.59 Å². The number of amides is 2. The highest BCUT2D eigenvalue weighted by Gasteiger charge is 2.16. The van der Waals surface area contributed by atoms with Gasteiger partial charge in [0.1, 0.15) is 12.4 Å². The quantitative estimate of drug-likeness (QED) is 0.713. The van der Waals surface area contributed by atoms with Gasteiger partial charge in [0.15, 0.2) is 0 Å². The van der Waals surface area contributed by atoms with E-state index in [-0.39, 0.29) is 24.9 Å². The molecule has 0 bridgehead atoms. The molecule has 0 saturated carbocycles. The van der Waals surface area contributed by atoms with Crippen LogP contribution in [0.15, 0.2) is 12.3 Å². The molecule has 0 saturated heterocycles. The maximum atomic E-state index is 12.2. The Bertz CT molecular complexity index is 444. The van der Waals surface area contributed by atoms with Crippen molar-refractivity contribution in [2.75, 3.05) is 25.4 Å². The molecule has 0 unspecified atom stereocenters. The Morgan fingerprint density at radius 1 is 1.40 bits per heavy atom. The molecule has 112 valence electrons. The monoisotopic (exact) mass is 281 g/mol. The summed E-state index contributed by atoms with van der Waals surface area (Å²) in [5.41, 5.74) is 5.50. The predicted octanol–water partition coefficient (Wildman–Crippen LogP) is 0.230. The highest BCUT2D eigenvalue weighted by Crippen LogP contribution is 1.99. The fraction of sp³-hybridized carbons (Fsp3) is 0.615. The minimum atomic E-state index is -0.137. The van der Waals surface area contributed by atoms with Gasteiger partial charge < -0.3 is 16.0 Å². The highest BCUT2D eigenvalue weighted by atomic mass is 16.2. The third-order valence-corrected chi connectivity index (χ3v) is 2.71. The number of nitrogen functional groups attached to an aromatic ring is 1. The van der Waals surface area contributed by atoms with Gasteiger partial charge in [-0.3, -0.25) is 14.3 Å². The van der Waals surface area contributed by atoms with Gasteiger partial charge in [0.25, 0.3) is 0 Å². The molecule has 0 fully saturated rings. The second kappa shape index (κ2) is 8.19. The Labute approximate surface area is 119 Å². The lowest BCUT2D eigenvalue weighted by molar-refractivity contribution is -0.136. The van der Waals surface area contributed by atoms with Gasteiger partial charge in [-0.25, -0.2) is 0 Å². The van der Waals surface area contributed by atoms with Crippen LogP contribution in [0.2, 0.25) is 0 Å². The highest BCUT2D eigenvalue weighted by molar-refractivity contribution is 5.84. The van der Waals surface area contributed by atoms with Gasteiger partial charge in [0.2, 0.25) is 11.8 Å². The third kappa shape index (κ3) is 5.29. The van der Waals surface area contributed by atoms with Gasteiger partial charge in [-0.1, -0.05) is 13.8 Å². The van der Waals surface area contributed by atoms with E-state index in [1.54, 1.807) is 17.2 Å². The fourth-order valence-corrected chi connectivity index (χ4v) is 1.76. The molecule has 0 atom stereocenters. The number of aromatic nitrogens is 2. The summed E-state index contributed by atoms with van der Waals surface area (Å²) in [5, 5.41) is 6.74. The van der Waals surface area contributed by atoms with Gasteiger partial charge in [-0.2, -0.15) is 5.10 Å². The van der Waals surface area contributed by atoms with Crippen molar-refractivity contribution in [3.05, 3.63) is 12.3 Å². The predicted molar refractivity (Wildman–Crippen MR) is 76.8 cm³/mol. The number of hydrogen-bond donors (Lipinski definition) is 2. The first-order valence-electron chi connectivity index (χ1n) is 6.90. The molecule has 0 aromatic carbocycles. The van der Waals surface area contributed by atoms with Gasteiger partial charge in [0, 0.05) is 19.3 Å². The smallest absolute Gasteiger partial charge is 0.244 e. The first-order valence-corrected chi connectivity index (χ1v) is 6.90. The molecule has 3 N–H and O–H groups in total. The summed E-state index contributed by atoms with van der Waals surface area (Å²) in [7, 11) is 0. The molecule has 0 aliphatic rings. The topological polar surface area (TPSA) is 93.2 Å². The van der Waals surface area contributed by atoms with Gasteiger partial charge in [-0.05, 0) is 18.9 Å². The Morgan fingerprint density at radius 3 is 2.70 bits per heavy atom. The van der Waals surface area contributed by atoms with Crippen LogP contribution in [0.25, 0.3) is 0 Å². The van der Waals surface area contributed by atoms with E-state index in [2.05, 4.69) is 10.4 Å². The maximum Gasteiger partial charge on any atom is 0.244 e. The van der Waals surface area contributed by atoms with Crippen molar-refractivity contribution in [3.8, 4) is 0 Å². The van der Waals surface area contributed by atoms with Crippen molar-refractivity contribution in [3.63, 3.8) is 0 Å². The normalized spacial score (nSPS) is 10.3. The number of carbonyl (C=O) groups excluding carboxylic acids is 2. The van der Waals surface area contributed by atoms with Crippen LogP contribution >= 0.6 is 0 Å². The minimum absolute atomic E-state index is 0.0867. The summed E-state index contributed by atoms with van der Waals surface area (Å²) in [6, 6.07) is 1.63. The molecule has 2 amide bonds. The van der Waals surface area contributed by atoms with Crippen molar-refractivity contribution in [1.82, 2.24) is 20.0 Å². The lowest BCUT2D eigenvalue weighted by atomic mass is 10.3. The van der Waals surface area contributed by atoms with E-state index in [4.69, 9.17) is 5.73 Å². The second-order valence-electron chi connectivity index (χ2n) is 4.60. The van der Waals surface area contributed by atoms with Gasteiger partial charge in [0.05, 0.1) is 6.54 Å². The molecule has 1 aromatic heterocycles. The molecule has 1 aromatic rings. The summed E-state index contributed by atoms with van der Waals surface area (Å²) >= 11 is 0. The first kappa shape index (κ1) is 16.0. The Kier molecular flexibility index (Phi) is 6.55. The molecule has 0 spiro atoms.